The van der Waals surface area contributed by atoms with Gasteiger partial charge in [0, 0.05) is 55.5 Å². The Balaban J connectivity index is 1.74. The Labute approximate surface area is 129 Å². The molecule has 0 N–H and O–H groups in total. The first-order chi connectivity index (χ1) is 10.1. The molecular formula is C14H22N6S. The zero-order valence-corrected chi connectivity index (χ0v) is 13.6. The van der Waals surface area contributed by atoms with Gasteiger partial charge in [-0.15, -0.1) is 5.10 Å². The highest BCUT2D eigenvalue weighted by molar-refractivity contribution is 7.99. The van der Waals surface area contributed by atoms with Gasteiger partial charge in [-0.1, -0.05) is 5.21 Å². The van der Waals surface area contributed by atoms with Crippen molar-refractivity contribution in [1.82, 2.24) is 29.7 Å². The van der Waals surface area contributed by atoms with E-state index in [1.54, 1.807) is 0 Å². The van der Waals surface area contributed by atoms with Crippen molar-refractivity contribution in [1.29, 1.82) is 0 Å². The molecule has 1 aliphatic heterocycles. The fraction of sp³-hybridized carbons (Fsp3) is 0.643. The molecule has 3 heterocycles. The van der Waals surface area contributed by atoms with Crippen molar-refractivity contribution in [3.05, 3.63) is 29.8 Å². The second-order valence-corrected chi connectivity index (χ2v) is 6.94. The molecule has 0 spiro atoms. The smallest absolute Gasteiger partial charge is 0.0967 e. The second-order valence-electron chi connectivity index (χ2n) is 5.79. The third kappa shape index (κ3) is 3.29. The molecule has 0 unspecified atom stereocenters. The van der Waals surface area contributed by atoms with E-state index in [1.807, 2.05) is 34.4 Å². The Bertz CT molecular complexity index is 590. The molecule has 1 fully saturated rings. The van der Waals surface area contributed by atoms with E-state index < -0.39 is 0 Å². The van der Waals surface area contributed by atoms with Crippen LogP contribution in [-0.2, 0) is 13.6 Å². The Hall–Kier alpha value is -1.34. The number of aromatic nitrogens is 5. The third-order valence-electron chi connectivity index (χ3n) is 3.80. The van der Waals surface area contributed by atoms with Gasteiger partial charge in [-0.2, -0.15) is 16.9 Å². The lowest BCUT2D eigenvalue weighted by Crippen LogP contribution is -2.35. The van der Waals surface area contributed by atoms with Crippen molar-refractivity contribution in [3.8, 4) is 0 Å². The van der Waals surface area contributed by atoms with E-state index in [0.717, 1.165) is 24.5 Å². The predicted molar refractivity (Wildman–Crippen MR) is 84.1 cm³/mol. The van der Waals surface area contributed by atoms with E-state index in [4.69, 9.17) is 0 Å². The van der Waals surface area contributed by atoms with E-state index >= 15 is 0 Å². The molecule has 7 heteroatoms. The van der Waals surface area contributed by atoms with Gasteiger partial charge in [-0.25, -0.2) is 4.68 Å². The summed E-state index contributed by atoms with van der Waals surface area (Å²) in [5.74, 6) is 2.29. The van der Waals surface area contributed by atoms with Crippen molar-refractivity contribution in [2.45, 2.75) is 32.5 Å². The van der Waals surface area contributed by atoms with Gasteiger partial charge in [0.2, 0.25) is 0 Å². The minimum atomic E-state index is 0.359. The molecular weight excluding hydrogens is 284 g/mol. The maximum atomic E-state index is 4.31. The normalized spacial score (nSPS) is 20.3. The Morgan fingerprint density at radius 1 is 1.38 bits per heavy atom. The molecule has 0 radical (unpaired) electrons. The van der Waals surface area contributed by atoms with Gasteiger partial charge in [-0.05, 0) is 13.8 Å². The topological polar surface area (TPSA) is 51.8 Å². The van der Waals surface area contributed by atoms with Crippen molar-refractivity contribution in [3.63, 3.8) is 0 Å². The summed E-state index contributed by atoms with van der Waals surface area (Å²) in [6.07, 6.45) is 6.16. The van der Waals surface area contributed by atoms with E-state index in [2.05, 4.69) is 46.6 Å². The first kappa shape index (κ1) is 14.6. The first-order valence-electron chi connectivity index (χ1n) is 7.34. The SMILES string of the molecule is CC(C)n1cc(CN2CCSC[C@H]2c2cnn(C)c2)nn1. The molecule has 21 heavy (non-hydrogen) atoms. The van der Waals surface area contributed by atoms with Crippen LogP contribution in [0.1, 0.15) is 37.2 Å². The van der Waals surface area contributed by atoms with Crippen LogP contribution in [0.15, 0.2) is 18.6 Å². The quantitative estimate of drug-likeness (QED) is 0.863. The van der Waals surface area contributed by atoms with E-state index in [9.17, 15) is 0 Å². The average molecular weight is 306 g/mol. The first-order valence-corrected chi connectivity index (χ1v) is 8.50. The minimum absolute atomic E-state index is 0.359. The molecule has 1 saturated heterocycles. The van der Waals surface area contributed by atoms with Crippen molar-refractivity contribution >= 4 is 11.8 Å². The molecule has 2 aromatic heterocycles. The van der Waals surface area contributed by atoms with E-state index in [-0.39, 0.29) is 0 Å². The van der Waals surface area contributed by atoms with Crippen molar-refractivity contribution < 1.29 is 0 Å². The summed E-state index contributed by atoms with van der Waals surface area (Å²) in [7, 11) is 1.97. The maximum absolute atomic E-state index is 4.31. The van der Waals surface area contributed by atoms with Crippen LogP contribution < -0.4 is 0 Å². The fourth-order valence-electron chi connectivity index (χ4n) is 2.59. The molecule has 0 bridgehead atoms. The molecule has 0 saturated carbocycles. The Kier molecular flexibility index (Phi) is 4.30. The summed E-state index contributed by atoms with van der Waals surface area (Å²) in [6.45, 7) is 6.18. The lowest BCUT2D eigenvalue weighted by Gasteiger charge is -2.34. The highest BCUT2D eigenvalue weighted by Crippen LogP contribution is 2.30. The molecule has 0 aliphatic carbocycles. The Morgan fingerprint density at radius 2 is 2.24 bits per heavy atom. The van der Waals surface area contributed by atoms with Crippen LogP contribution in [-0.4, -0.2) is 47.7 Å². The summed E-state index contributed by atoms with van der Waals surface area (Å²) >= 11 is 2.01. The summed E-state index contributed by atoms with van der Waals surface area (Å²) in [4.78, 5) is 2.49. The highest BCUT2D eigenvalue weighted by Gasteiger charge is 2.26. The number of hydrogen-bond acceptors (Lipinski definition) is 5. The molecule has 6 nitrogen and oxygen atoms in total. The summed E-state index contributed by atoms with van der Waals surface area (Å²) < 4.78 is 3.80. The number of aryl methyl sites for hydroxylation is 1. The molecule has 1 atom stereocenters. The summed E-state index contributed by atoms with van der Waals surface area (Å²) in [6, 6.07) is 0.777. The van der Waals surface area contributed by atoms with Crippen LogP contribution in [0.4, 0.5) is 0 Å². The molecule has 1 aliphatic rings. The molecule has 2 aromatic rings. The summed E-state index contributed by atoms with van der Waals surface area (Å²) in [5.41, 5.74) is 2.34. The van der Waals surface area contributed by atoms with Gasteiger partial charge < -0.3 is 0 Å². The van der Waals surface area contributed by atoms with E-state index in [1.165, 1.54) is 11.3 Å². The standard InChI is InChI=1S/C14H22N6S/c1-11(2)20-9-13(16-17-20)8-19-4-5-21-10-14(19)12-6-15-18(3)7-12/h6-7,9,11,14H,4-5,8,10H2,1-3H3/t14-/m0/s1. The van der Waals surface area contributed by atoms with Crippen LogP contribution >= 0.6 is 11.8 Å². The number of hydrogen-bond donors (Lipinski definition) is 0. The van der Waals surface area contributed by atoms with Gasteiger partial charge >= 0.3 is 0 Å². The maximum Gasteiger partial charge on any atom is 0.0967 e. The highest BCUT2D eigenvalue weighted by atomic mass is 32.2. The molecule has 0 aromatic carbocycles. The Morgan fingerprint density at radius 3 is 2.90 bits per heavy atom. The van der Waals surface area contributed by atoms with Crippen LogP contribution in [0.3, 0.4) is 0 Å². The van der Waals surface area contributed by atoms with Gasteiger partial charge in [-0.3, -0.25) is 9.58 Å². The van der Waals surface area contributed by atoms with E-state index in [0.29, 0.717) is 12.1 Å². The van der Waals surface area contributed by atoms with Gasteiger partial charge in [0.25, 0.3) is 0 Å². The van der Waals surface area contributed by atoms with Gasteiger partial charge in [0.15, 0.2) is 0 Å². The molecule has 0 amide bonds. The predicted octanol–water partition coefficient (Wildman–Crippen LogP) is 1.88. The van der Waals surface area contributed by atoms with Crippen molar-refractivity contribution in [2.75, 3.05) is 18.1 Å². The largest absolute Gasteiger partial charge is 0.289 e. The molecule has 114 valence electrons. The number of rotatable bonds is 4. The van der Waals surface area contributed by atoms with Gasteiger partial charge in [0.05, 0.1) is 18.1 Å². The summed E-state index contributed by atoms with van der Waals surface area (Å²) in [5, 5.41) is 12.8. The van der Waals surface area contributed by atoms with Crippen LogP contribution in [0.5, 0.6) is 0 Å². The van der Waals surface area contributed by atoms with Crippen LogP contribution in [0.2, 0.25) is 0 Å². The van der Waals surface area contributed by atoms with Crippen molar-refractivity contribution in [2.24, 2.45) is 7.05 Å². The third-order valence-corrected chi connectivity index (χ3v) is 4.82. The monoisotopic (exact) mass is 306 g/mol. The van der Waals surface area contributed by atoms with Gasteiger partial charge in [0.1, 0.15) is 0 Å². The second kappa shape index (κ2) is 6.19. The number of thioether (sulfide) groups is 1. The molecule has 3 rings (SSSR count). The zero-order chi connectivity index (χ0) is 14.8. The number of nitrogens with zero attached hydrogens (tertiary/aromatic N) is 6. The lowest BCUT2D eigenvalue weighted by molar-refractivity contribution is 0.209. The fourth-order valence-corrected chi connectivity index (χ4v) is 3.75. The van der Waals surface area contributed by atoms with Crippen LogP contribution in [0.25, 0.3) is 0 Å². The average Bonchev–Trinajstić information content (AvgIpc) is 3.09. The van der Waals surface area contributed by atoms with Crippen LogP contribution in [0, 0.1) is 0 Å². The lowest BCUT2D eigenvalue weighted by atomic mass is 10.1. The minimum Gasteiger partial charge on any atom is -0.289 e. The zero-order valence-electron chi connectivity index (χ0n) is 12.8.